The van der Waals surface area contributed by atoms with E-state index < -0.39 is 6.10 Å². The first kappa shape index (κ1) is 25.5. The summed E-state index contributed by atoms with van der Waals surface area (Å²) in [5.74, 6) is 0.197. The van der Waals surface area contributed by atoms with Gasteiger partial charge in [-0.3, -0.25) is 9.59 Å². The van der Waals surface area contributed by atoms with E-state index in [9.17, 15) is 9.59 Å². The largest absolute Gasteiger partial charge is 0.479 e. The van der Waals surface area contributed by atoms with Gasteiger partial charge in [0.25, 0.3) is 5.91 Å². The molecule has 0 unspecified atom stereocenters. The van der Waals surface area contributed by atoms with Crippen LogP contribution in [0.15, 0.2) is 36.4 Å². The number of amides is 2. The number of piperazine rings is 1. The van der Waals surface area contributed by atoms with Crippen LogP contribution in [0.4, 0.5) is 11.4 Å². The van der Waals surface area contributed by atoms with Gasteiger partial charge in [-0.15, -0.1) is 0 Å². The van der Waals surface area contributed by atoms with E-state index in [0.29, 0.717) is 52.7 Å². The Bertz CT molecular complexity index is 1030. The zero-order chi connectivity index (χ0) is 24.3. The van der Waals surface area contributed by atoms with Crippen LogP contribution in [0.2, 0.25) is 15.1 Å². The van der Waals surface area contributed by atoms with Gasteiger partial charge in [-0.25, -0.2) is 0 Å². The molecule has 0 bridgehead atoms. The van der Waals surface area contributed by atoms with Gasteiger partial charge in [-0.1, -0.05) is 55.6 Å². The van der Waals surface area contributed by atoms with Crippen molar-refractivity contribution in [2.45, 2.75) is 33.8 Å². The summed E-state index contributed by atoms with van der Waals surface area (Å²) in [5, 5.41) is 4.16. The molecule has 9 heteroatoms. The van der Waals surface area contributed by atoms with Crippen molar-refractivity contribution in [3.05, 3.63) is 51.5 Å². The Kier molecular flexibility index (Phi) is 8.04. The van der Waals surface area contributed by atoms with Gasteiger partial charge in [-0.2, -0.15) is 0 Å². The first-order valence-corrected chi connectivity index (χ1v) is 11.9. The van der Waals surface area contributed by atoms with Crippen molar-refractivity contribution >= 4 is 58.0 Å². The van der Waals surface area contributed by atoms with Crippen molar-refractivity contribution < 1.29 is 14.3 Å². The fraction of sp³-hybridized carbons (Fsp3) is 0.417. The highest BCUT2D eigenvalue weighted by molar-refractivity contribution is 6.35. The van der Waals surface area contributed by atoms with E-state index >= 15 is 0 Å². The SMILES string of the molecule is C[C@@H](Oc1ccc(Cl)cc1Cl)C(=O)Nc1ccc(N2CCN(C(=O)C(C)(C)C)CC2)c(Cl)c1. The third-order valence-electron chi connectivity index (χ3n) is 5.33. The molecule has 0 aromatic heterocycles. The van der Waals surface area contributed by atoms with E-state index in [2.05, 4.69) is 10.2 Å². The lowest BCUT2D eigenvalue weighted by Crippen LogP contribution is -2.51. The number of nitrogens with zero attached hydrogens (tertiary/aromatic N) is 2. The summed E-state index contributed by atoms with van der Waals surface area (Å²) in [4.78, 5) is 29.1. The van der Waals surface area contributed by atoms with E-state index in [4.69, 9.17) is 39.5 Å². The minimum atomic E-state index is -0.782. The number of benzene rings is 2. The molecule has 1 saturated heterocycles. The van der Waals surface area contributed by atoms with Crippen molar-refractivity contribution in [3.8, 4) is 5.75 Å². The number of ether oxygens (including phenoxy) is 1. The van der Waals surface area contributed by atoms with Gasteiger partial charge >= 0.3 is 0 Å². The molecule has 33 heavy (non-hydrogen) atoms. The van der Waals surface area contributed by atoms with Crippen molar-refractivity contribution in [2.75, 3.05) is 36.4 Å². The Morgan fingerprint density at radius 2 is 1.64 bits per heavy atom. The molecule has 1 fully saturated rings. The summed E-state index contributed by atoms with van der Waals surface area (Å²) in [6.45, 7) is 10.1. The maximum atomic E-state index is 12.6. The molecule has 1 N–H and O–H groups in total. The molecule has 2 amide bonds. The molecule has 0 spiro atoms. The number of anilines is 2. The lowest BCUT2D eigenvalue weighted by molar-refractivity contribution is -0.139. The van der Waals surface area contributed by atoms with Crippen molar-refractivity contribution in [3.63, 3.8) is 0 Å². The molecule has 1 aliphatic heterocycles. The highest BCUT2D eigenvalue weighted by Crippen LogP contribution is 2.31. The normalized spacial score (nSPS) is 15.2. The molecule has 1 aliphatic rings. The van der Waals surface area contributed by atoms with Crippen LogP contribution >= 0.6 is 34.8 Å². The number of halogens is 3. The molecular formula is C24H28Cl3N3O3. The Balaban J connectivity index is 1.59. The zero-order valence-corrected chi connectivity index (χ0v) is 21.4. The van der Waals surface area contributed by atoms with Gasteiger partial charge in [0.1, 0.15) is 5.75 Å². The molecule has 2 aromatic rings. The predicted molar refractivity (Wildman–Crippen MR) is 135 cm³/mol. The van der Waals surface area contributed by atoms with Gasteiger partial charge in [0.05, 0.1) is 15.7 Å². The maximum absolute atomic E-state index is 12.6. The number of rotatable bonds is 5. The molecule has 6 nitrogen and oxygen atoms in total. The fourth-order valence-electron chi connectivity index (χ4n) is 3.52. The smallest absolute Gasteiger partial charge is 0.265 e. The van der Waals surface area contributed by atoms with Gasteiger partial charge < -0.3 is 19.9 Å². The summed E-state index contributed by atoms with van der Waals surface area (Å²) in [6.07, 6.45) is -0.782. The third-order valence-corrected chi connectivity index (χ3v) is 6.16. The minimum absolute atomic E-state index is 0.155. The summed E-state index contributed by atoms with van der Waals surface area (Å²) in [5.41, 5.74) is 1.04. The van der Waals surface area contributed by atoms with Crippen LogP contribution < -0.4 is 15.0 Å². The molecule has 1 heterocycles. The molecule has 3 rings (SSSR count). The highest BCUT2D eigenvalue weighted by atomic mass is 35.5. The van der Waals surface area contributed by atoms with Crippen LogP contribution in [0.25, 0.3) is 0 Å². The van der Waals surface area contributed by atoms with Crippen LogP contribution in [0.3, 0.4) is 0 Å². The van der Waals surface area contributed by atoms with Crippen LogP contribution in [0.1, 0.15) is 27.7 Å². The average molecular weight is 513 g/mol. The minimum Gasteiger partial charge on any atom is -0.479 e. The van der Waals surface area contributed by atoms with E-state index in [1.54, 1.807) is 37.3 Å². The first-order chi connectivity index (χ1) is 15.5. The third kappa shape index (κ3) is 6.46. The Morgan fingerprint density at radius 3 is 2.21 bits per heavy atom. The molecule has 0 saturated carbocycles. The van der Waals surface area contributed by atoms with Crippen LogP contribution in [-0.4, -0.2) is 49.0 Å². The Morgan fingerprint density at radius 1 is 0.970 bits per heavy atom. The van der Waals surface area contributed by atoms with Crippen LogP contribution in [0, 0.1) is 5.41 Å². The van der Waals surface area contributed by atoms with Gasteiger partial charge in [-0.05, 0) is 43.3 Å². The highest BCUT2D eigenvalue weighted by Gasteiger charge is 2.30. The summed E-state index contributed by atoms with van der Waals surface area (Å²) in [7, 11) is 0. The maximum Gasteiger partial charge on any atom is 0.265 e. The summed E-state index contributed by atoms with van der Waals surface area (Å²) in [6, 6.07) is 10.2. The summed E-state index contributed by atoms with van der Waals surface area (Å²) >= 11 is 18.5. The molecule has 0 aliphatic carbocycles. The molecule has 1 atom stereocenters. The second-order valence-electron chi connectivity index (χ2n) is 9.02. The van der Waals surface area contributed by atoms with Crippen LogP contribution in [-0.2, 0) is 9.59 Å². The molecular weight excluding hydrogens is 485 g/mol. The number of hydrogen-bond acceptors (Lipinski definition) is 4. The van der Waals surface area contributed by atoms with Crippen LogP contribution in [0.5, 0.6) is 5.75 Å². The van der Waals surface area contributed by atoms with Gasteiger partial charge in [0, 0.05) is 42.3 Å². The fourth-order valence-corrected chi connectivity index (χ4v) is 4.28. The quantitative estimate of drug-likeness (QED) is 0.554. The molecule has 178 valence electrons. The van der Waals surface area contributed by atoms with E-state index in [1.165, 1.54) is 0 Å². The number of nitrogens with one attached hydrogen (secondary N) is 1. The van der Waals surface area contributed by atoms with Crippen molar-refractivity contribution in [1.82, 2.24) is 4.90 Å². The van der Waals surface area contributed by atoms with E-state index in [1.807, 2.05) is 31.7 Å². The summed E-state index contributed by atoms with van der Waals surface area (Å²) < 4.78 is 5.66. The standard InChI is InChI=1S/C24H28Cl3N3O3/c1-15(33-21-8-5-16(25)13-19(21)27)22(31)28-17-6-7-20(18(26)14-17)29-9-11-30(12-10-29)23(32)24(2,3)4/h5-8,13-15H,9-12H2,1-4H3,(H,28,31)/t15-/m1/s1. The second-order valence-corrected chi connectivity index (χ2v) is 10.3. The Hall–Kier alpha value is -2.15. The topological polar surface area (TPSA) is 61.9 Å². The molecule has 2 aromatic carbocycles. The first-order valence-electron chi connectivity index (χ1n) is 10.7. The average Bonchev–Trinajstić information content (AvgIpc) is 2.74. The lowest BCUT2D eigenvalue weighted by Gasteiger charge is -2.39. The van der Waals surface area contributed by atoms with Crippen molar-refractivity contribution in [1.29, 1.82) is 0 Å². The Labute approximate surface area is 209 Å². The van der Waals surface area contributed by atoms with Crippen molar-refractivity contribution in [2.24, 2.45) is 5.41 Å². The second kappa shape index (κ2) is 10.4. The monoisotopic (exact) mass is 511 g/mol. The van der Waals surface area contributed by atoms with E-state index in [0.717, 1.165) is 5.69 Å². The predicted octanol–water partition coefficient (Wildman–Crippen LogP) is 5.75. The van der Waals surface area contributed by atoms with Gasteiger partial charge in [0.15, 0.2) is 6.10 Å². The number of carbonyl (C=O) groups excluding carboxylic acids is 2. The van der Waals surface area contributed by atoms with E-state index in [-0.39, 0.29) is 17.2 Å². The molecule has 0 radical (unpaired) electrons. The zero-order valence-electron chi connectivity index (χ0n) is 19.1. The lowest BCUT2D eigenvalue weighted by atomic mass is 9.94. The van der Waals surface area contributed by atoms with Gasteiger partial charge in [0.2, 0.25) is 5.91 Å². The number of hydrogen-bond donors (Lipinski definition) is 1. The number of carbonyl (C=O) groups is 2.